The van der Waals surface area contributed by atoms with E-state index in [1.165, 1.54) is 26.4 Å². The molecule has 1 amide bonds. The van der Waals surface area contributed by atoms with Gasteiger partial charge in [-0.2, -0.15) is 0 Å². The largest absolute Gasteiger partial charge is 0.465 e. The van der Waals surface area contributed by atoms with Crippen LogP contribution in [0.1, 0.15) is 64.2 Å². The number of aromatic nitrogens is 1. The van der Waals surface area contributed by atoms with Gasteiger partial charge < -0.3 is 19.9 Å². The van der Waals surface area contributed by atoms with E-state index < -0.39 is 5.97 Å². The zero-order valence-electron chi connectivity index (χ0n) is 14.9. The van der Waals surface area contributed by atoms with Crippen LogP contribution in [-0.4, -0.2) is 54.0 Å². The normalized spacial score (nSPS) is 26.9. The molecule has 0 aromatic carbocycles. The molecule has 132 valence electrons. The maximum absolute atomic E-state index is 12.7. The summed E-state index contributed by atoms with van der Waals surface area (Å²) in [7, 11) is 3.55. The number of piperidine rings is 2. The van der Waals surface area contributed by atoms with E-state index in [1.807, 2.05) is 0 Å². The van der Waals surface area contributed by atoms with Crippen molar-refractivity contribution in [1.29, 1.82) is 0 Å². The fraction of sp³-hybridized carbons (Fsp3) is 0.667. The van der Waals surface area contributed by atoms with Gasteiger partial charge in [-0.1, -0.05) is 6.42 Å². The van der Waals surface area contributed by atoms with Crippen molar-refractivity contribution in [3.63, 3.8) is 0 Å². The second-order valence-electron chi connectivity index (χ2n) is 7.16. The summed E-state index contributed by atoms with van der Waals surface area (Å²) in [6, 6.07) is 1.34. The lowest BCUT2D eigenvalue weighted by Gasteiger charge is -2.47. The molecule has 6 heteroatoms. The van der Waals surface area contributed by atoms with Crippen LogP contribution in [0.4, 0.5) is 0 Å². The molecular formula is C18H27N3O3. The second-order valence-corrected chi connectivity index (χ2v) is 7.16. The van der Waals surface area contributed by atoms with Gasteiger partial charge in [0.25, 0.3) is 5.91 Å². The molecule has 0 saturated carbocycles. The molecule has 2 aliphatic rings. The predicted octanol–water partition coefficient (Wildman–Crippen LogP) is 2.16. The number of aryl methyl sites for hydroxylation is 1. The van der Waals surface area contributed by atoms with Crippen molar-refractivity contribution in [3.8, 4) is 0 Å². The highest BCUT2D eigenvalue weighted by Gasteiger charge is 2.36. The molecule has 24 heavy (non-hydrogen) atoms. The molecule has 0 aliphatic carbocycles. The Hall–Kier alpha value is -1.82. The van der Waals surface area contributed by atoms with Crippen LogP contribution in [-0.2, 0) is 4.74 Å². The smallest absolute Gasteiger partial charge is 0.339 e. The Morgan fingerprint density at radius 2 is 1.83 bits per heavy atom. The average molecular weight is 333 g/mol. The molecule has 1 aromatic rings. The Kier molecular flexibility index (Phi) is 4.67. The highest BCUT2D eigenvalue weighted by Crippen LogP contribution is 2.32. The maximum atomic E-state index is 12.7. The van der Waals surface area contributed by atoms with Gasteiger partial charge in [0.1, 0.15) is 5.69 Å². The van der Waals surface area contributed by atoms with Crippen LogP contribution in [0.2, 0.25) is 0 Å². The number of methoxy groups -OCH3 is 1. The van der Waals surface area contributed by atoms with Crippen LogP contribution >= 0.6 is 0 Å². The molecule has 1 unspecified atom stereocenters. The van der Waals surface area contributed by atoms with E-state index in [2.05, 4.69) is 22.2 Å². The fourth-order valence-corrected chi connectivity index (χ4v) is 4.38. The third-order valence-electron chi connectivity index (χ3n) is 5.73. The molecule has 6 nitrogen and oxygen atoms in total. The third kappa shape index (κ3) is 2.95. The topological polar surface area (TPSA) is 74.4 Å². The van der Waals surface area contributed by atoms with Crippen molar-refractivity contribution in [1.82, 2.24) is 15.2 Å². The number of aromatic amines is 1. The first-order chi connectivity index (χ1) is 11.4. The monoisotopic (exact) mass is 333 g/mol. The number of esters is 1. The molecular weight excluding hydrogens is 306 g/mol. The summed E-state index contributed by atoms with van der Waals surface area (Å²) < 4.78 is 4.81. The van der Waals surface area contributed by atoms with Crippen LogP contribution < -0.4 is 5.32 Å². The molecule has 3 atom stereocenters. The number of carbonyl (C=O) groups is 2. The Labute approximate surface area is 142 Å². The number of rotatable bonds is 3. The first-order valence-corrected chi connectivity index (χ1v) is 8.72. The summed E-state index contributed by atoms with van der Waals surface area (Å²) in [6.45, 7) is 3.57. The van der Waals surface area contributed by atoms with Crippen molar-refractivity contribution < 1.29 is 14.3 Å². The quantitative estimate of drug-likeness (QED) is 0.831. The molecule has 0 spiro atoms. The highest BCUT2D eigenvalue weighted by atomic mass is 16.5. The van der Waals surface area contributed by atoms with Gasteiger partial charge in [-0.3, -0.25) is 4.79 Å². The second kappa shape index (κ2) is 6.59. The van der Waals surface area contributed by atoms with Crippen LogP contribution in [0, 0.1) is 13.8 Å². The van der Waals surface area contributed by atoms with Crippen LogP contribution in [0.5, 0.6) is 0 Å². The number of nitrogens with one attached hydrogen (secondary N) is 2. The molecule has 0 radical (unpaired) electrons. The van der Waals surface area contributed by atoms with Gasteiger partial charge in [0.15, 0.2) is 0 Å². The number of hydrogen-bond acceptors (Lipinski definition) is 4. The van der Waals surface area contributed by atoms with Gasteiger partial charge in [0.05, 0.1) is 12.7 Å². The maximum Gasteiger partial charge on any atom is 0.339 e. The SMILES string of the molecule is COC(=O)c1c(C)[nH]c(C(=O)NC2C[C@H]3CCC[C@@H](C2)N3C)c1C. The third-order valence-corrected chi connectivity index (χ3v) is 5.73. The number of hydrogen-bond donors (Lipinski definition) is 2. The molecule has 2 saturated heterocycles. The lowest BCUT2D eigenvalue weighted by atomic mass is 9.82. The lowest BCUT2D eigenvalue weighted by molar-refractivity contribution is 0.0462. The average Bonchev–Trinajstić information content (AvgIpc) is 2.82. The summed E-state index contributed by atoms with van der Waals surface area (Å²) in [6.07, 6.45) is 5.72. The molecule has 2 fully saturated rings. The summed E-state index contributed by atoms with van der Waals surface area (Å²) in [4.78, 5) is 30.1. The molecule has 2 aliphatic heterocycles. The molecule has 2 N–H and O–H groups in total. The molecule has 2 bridgehead atoms. The summed E-state index contributed by atoms with van der Waals surface area (Å²) in [5, 5.41) is 3.17. The van der Waals surface area contributed by atoms with E-state index in [4.69, 9.17) is 4.74 Å². The zero-order chi connectivity index (χ0) is 17.4. The number of carbonyl (C=O) groups excluding carboxylic acids is 2. The minimum absolute atomic E-state index is 0.127. The van der Waals surface area contributed by atoms with E-state index in [-0.39, 0.29) is 11.9 Å². The lowest BCUT2D eigenvalue weighted by Crippen LogP contribution is -2.55. The van der Waals surface area contributed by atoms with Crippen molar-refractivity contribution in [2.75, 3.05) is 14.2 Å². The van der Waals surface area contributed by atoms with E-state index in [0.29, 0.717) is 34.6 Å². The van der Waals surface area contributed by atoms with E-state index in [0.717, 1.165) is 12.8 Å². The van der Waals surface area contributed by atoms with Crippen LogP contribution in [0.15, 0.2) is 0 Å². The number of nitrogens with zero attached hydrogens (tertiary/aromatic N) is 1. The summed E-state index contributed by atoms with van der Waals surface area (Å²) >= 11 is 0. The van der Waals surface area contributed by atoms with Gasteiger partial charge in [0, 0.05) is 23.8 Å². The molecule has 1 aromatic heterocycles. The summed E-state index contributed by atoms with van der Waals surface area (Å²) in [5.74, 6) is -0.535. The Morgan fingerprint density at radius 1 is 1.21 bits per heavy atom. The minimum atomic E-state index is -0.408. The first kappa shape index (κ1) is 17.0. The Balaban J connectivity index is 1.73. The van der Waals surface area contributed by atoms with Crippen molar-refractivity contribution in [3.05, 3.63) is 22.5 Å². The van der Waals surface area contributed by atoms with E-state index in [1.54, 1.807) is 13.8 Å². The van der Waals surface area contributed by atoms with Crippen LogP contribution in [0.3, 0.4) is 0 Å². The summed E-state index contributed by atoms with van der Waals surface area (Å²) in [5.41, 5.74) is 2.26. The number of H-pyrrole nitrogens is 1. The van der Waals surface area contributed by atoms with Gasteiger partial charge in [-0.15, -0.1) is 0 Å². The molecule has 3 rings (SSSR count). The Bertz CT molecular complexity index is 638. The standard InChI is InChI=1S/C18H27N3O3/c1-10-15(18(23)24-4)11(2)19-16(10)17(22)20-12-8-13-6-5-7-14(9-12)21(13)3/h12-14,19H,5-9H2,1-4H3,(H,20,22)/t12?,13-,14+. The number of amides is 1. The first-order valence-electron chi connectivity index (χ1n) is 8.72. The van der Waals surface area contributed by atoms with Crippen molar-refractivity contribution >= 4 is 11.9 Å². The van der Waals surface area contributed by atoms with Crippen molar-refractivity contribution in [2.45, 2.75) is 64.1 Å². The van der Waals surface area contributed by atoms with E-state index in [9.17, 15) is 9.59 Å². The van der Waals surface area contributed by atoms with Gasteiger partial charge in [-0.05, 0) is 52.1 Å². The highest BCUT2D eigenvalue weighted by molar-refractivity contribution is 6.00. The van der Waals surface area contributed by atoms with Crippen LogP contribution in [0.25, 0.3) is 0 Å². The predicted molar refractivity (Wildman–Crippen MR) is 91.3 cm³/mol. The zero-order valence-corrected chi connectivity index (χ0v) is 14.9. The van der Waals surface area contributed by atoms with E-state index >= 15 is 0 Å². The number of ether oxygens (including phenoxy) is 1. The minimum Gasteiger partial charge on any atom is -0.465 e. The molecule has 3 heterocycles. The van der Waals surface area contributed by atoms with Crippen molar-refractivity contribution in [2.24, 2.45) is 0 Å². The fourth-order valence-electron chi connectivity index (χ4n) is 4.38. The number of fused-ring (bicyclic) bond motifs is 2. The van der Waals surface area contributed by atoms with Gasteiger partial charge in [-0.25, -0.2) is 4.79 Å². The van der Waals surface area contributed by atoms with Gasteiger partial charge >= 0.3 is 5.97 Å². The van der Waals surface area contributed by atoms with Gasteiger partial charge in [0.2, 0.25) is 0 Å². The Morgan fingerprint density at radius 3 is 2.42 bits per heavy atom.